The van der Waals surface area contributed by atoms with Crippen molar-refractivity contribution in [2.45, 2.75) is 13.0 Å². The molecular weight excluding hydrogens is 356 g/mol. The molecule has 0 unspecified atom stereocenters. The molecule has 23 heavy (non-hydrogen) atoms. The molecule has 0 spiro atoms. The van der Waals surface area contributed by atoms with E-state index >= 15 is 0 Å². The van der Waals surface area contributed by atoms with Crippen molar-refractivity contribution in [3.63, 3.8) is 0 Å². The fraction of sp³-hybridized carbons (Fsp3) is 0.353. The summed E-state index contributed by atoms with van der Waals surface area (Å²) in [6.07, 6.45) is 6.11. The predicted molar refractivity (Wildman–Crippen MR) is 92.0 cm³/mol. The summed E-state index contributed by atoms with van der Waals surface area (Å²) in [4.78, 5) is 25.3. The summed E-state index contributed by atoms with van der Waals surface area (Å²) < 4.78 is 0.829. The highest BCUT2D eigenvalue weighted by atomic mass is 79.9. The molecule has 5 nitrogen and oxygen atoms in total. The maximum Gasteiger partial charge on any atom is 0.255 e. The highest BCUT2D eigenvalue weighted by Gasteiger charge is 2.20. The molecule has 3 rings (SSSR count). The van der Waals surface area contributed by atoms with Gasteiger partial charge in [0.15, 0.2) is 0 Å². The lowest BCUT2D eigenvalue weighted by Crippen LogP contribution is -2.35. The van der Waals surface area contributed by atoms with Crippen molar-refractivity contribution >= 4 is 21.8 Å². The molecule has 2 aromatic rings. The third-order valence-corrected chi connectivity index (χ3v) is 4.37. The van der Waals surface area contributed by atoms with E-state index < -0.39 is 0 Å². The predicted octanol–water partition coefficient (Wildman–Crippen LogP) is 2.59. The summed E-state index contributed by atoms with van der Waals surface area (Å²) in [5.74, 6) is 0.0542. The van der Waals surface area contributed by atoms with Crippen LogP contribution in [0.2, 0.25) is 0 Å². The minimum Gasteiger partial charge on any atom is -0.337 e. The standard InChI is InChI=1S/C17H19BrN4O/c18-15-10-14(11-19-12-15)17(23)22-7-3-6-21(8-9-22)13-16-4-1-2-5-20-16/h1-2,4-5,10-12H,3,6-9,13H2. The van der Waals surface area contributed by atoms with Crippen molar-refractivity contribution in [3.05, 3.63) is 58.6 Å². The van der Waals surface area contributed by atoms with E-state index in [0.29, 0.717) is 5.56 Å². The number of carbonyl (C=O) groups excluding carboxylic acids is 1. The van der Waals surface area contributed by atoms with Crippen LogP contribution in [-0.4, -0.2) is 51.9 Å². The average molecular weight is 375 g/mol. The number of pyridine rings is 2. The van der Waals surface area contributed by atoms with Crippen LogP contribution in [0.3, 0.4) is 0 Å². The first-order valence-electron chi connectivity index (χ1n) is 7.74. The summed E-state index contributed by atoms with van der Waals surface area (Å²) in [5, 5.41) is 0. The molecule has 0 radical (unpaired) electrons. The van der Waals surface area contributed by atoms with Crippen LogP contribution >= 0.6 is 15.9 Å². The van der Waals surface area contributed by atoms with E-state index in [1.165, 1.54) is 0 Å². The van der Waals surface area contributed by atoms with Crippen LogP contribution in [0.5, 0.6) is 0 Å². The molecule has 1 aliphatic rings. The molecule has 1 amide bonds. The van der Waals surface area contributed by atoms with Gasteiger partial charge in [0.2, 0.25) is 0 Å². The lowest BCUT2D eigenvalue weighted by molar-refractivity contribution is 0.0760. The minimum absolute atomic E-state index is 0.0542. The third-order valence-electron chi connectivity index (χ3n) is 3.94. The maximum atomic E-state index is 12.6. The number of hydrogen-bond acceptors (Lipinski definition) is 4. The zero-order valence-corrected chi connectivity index (χ0v) is 14.4. The number of nitrogens with zero attached hydrogens (tertiary/aromatic N) is 4. The van der Waals surface area contributed by atoms with Gasteiger partial charge in [-0.2, -0.15) is 0 Å². The Kier molecular flexibility index (Phi) is 5.35. The quantitative estimate of drug-likeness (QED) is 0.828. The van der Waals surface area contributed by atoms with Crippen LogP contribution in [0, 0.1) is 0 Å². The van der Waals surface area contributed by atoms with Gasteiger partial charge in [0.25, 0.3) is 5.91 Å². The van der Waals surface area contributed by atoms with Crippen molar-refractivity contribution in [1.29, 1.82) is 0 Å². The molecule has 1 saturated heterocycles. The fourth-order valence-electron chi connectivity index (χ4n) is 2.76. The average Bonchev–Trinajstić information content (AvgIpc) is 2.81. The van der Waals surface area contributed by atoms with Gasteiger partial charge >= 0.3 is 0 Å². The summed E-state index contributed by atoms with van der Waals surface area (Å²) >= 11 is 3.37. The molecule has 3 heterocycles. The van der Waals surface area contributed by atoms with E-state index in [1.807, 2.05) is 35.4 Å². The molecular formula is C17H19BrN4O. The molecule has 0 saturated carbocycles. The Morgan fingerprint density at radius 1 is 1.17 bits per heavy atom. The van der Waals surface area contributed by atoms with Crippen molar-refractivity contribution in [2.75, 3.05) is 26.2 Å². The van der Waals surface area contributed by atoms with Crippen LogP contribution in [0.15, 0.2) is 47.3 Å². The van der Waals surface area contributed by atoms with Crippen molar-refractivity contribution in [2.24, 2.45) is 0 Å². The van der Waals surface area contributed by atoms with Gasteiger partial charge in [0.05, 0.1) is 11.3 Å². The second-order valence-corrected chi connectivity index (χ2v) is 6.55. The van der Waals surface area contributed by atoms with Crippen LogP contribution in [0.1, 0.15) is 22.5 Å². The van der Waals surface area contributed by atoms with Crippen LogP contribution in [-0.2, 0) is 6.54 Å². The molecule has 0 atom stereocenters. The number of aromatic nitrogens is 2. The van der Waals surface area contributed by atoms with Crippen LogP contribution in [0.4, 0.5) is 0 Å². The molecule has 0 N–H and O–H groups in total. The molecule has 0 bridgehead atoms. The SMILES string of the molecule is O=C(c1cncc(Br)c1)N1CCCN(Cc2ccccn2)CC1. The highest BCUT2D eigenvalue weighted by Crippen LogP contribution is 2.14. The smallest absolute Gasteiger partial charge is 0.255 e. The number of amides is 1. The Labute approximate surface area is 144 Å². The zero-order valence-electron chi connectivity index (χ0n) is 12.9. The van der Waals surface area contributed by atoms with Crippen LogP contribution < -0.4 is 0 Å². The summed E-state index contributed by atoms with van der Waals surface area (Å²) in [6, 6.07) is 7.81. The van der Waals surface area contributed by atoms with E-state index in [2.05, 4.69) is 30.8 Å². The van der Waals surface area contributed by atoms with Gasteiger partial charge in [-0.15, -0.1) is 0 Å². The Hall–Kier alpha value is -1.79. The van der Waals surface area contributed by atoms with E-state index in [1.54, 1.807) is 12.4 Å². The van der Waals surface area contributed by atoms with Gasteiger partial charge in [0, 0.05) is 55.8 Å². The van der Waals surface area contributed by atoms with Gasteiger partial charge in [0.1, 0.15) is 0 Å². The first-order chi connectivity index (χ1) is 11.2. The van der Waals surface area contributed by atoms with E-state index in [-0.39, 0.29) is 5.91 Å². The van der Waals surface area contributed by atoms with Crippen molar-refractivity contribution in [1.82, 2.24) is 19.8 Å². The van der Waals surface area contributed by atoms with Crippen molar-refractivity contribution in [3.8, 4) is 0 Å². The van der Waals surface area contributed by atoms with E-state index in [4.69, 9.17) is 0 Å². The topological polar surface area (TPSA) is 49.3 Å². The fourth-order valence-corrected chi connectivity index (χ4v) is 3.13. The Morgan fingerprint density at radius 2 is 2.09 bits per heavy atom. The van der Waals surface area contributed by atoms with Gasteiger partial charge in [-0.1, -0.05) is 6.07 Å². The molecule has 2 aromatic heterocycles. The molecule has 0 aliphatic carbocycles. The second-order valence-electron chi connectivity index (χ2n) is 5.63. The van der Waals surface area contributed by atoms with Gasteiger partial charge in [-0.25, -0.2) is 0 Å². The zero-order chi connectivity index (χ0) is 16.1. The summed E-state index contributed by atoms with van der Waals surface area (Å²) in [7, 11) is 0. The van der Waals surface area contributed by atoms with Crippen LogP contribution in [0.25, 0.3) is 0 Å². The number of carbonyl (C=O) groups is 1. The lowest BCUT2D eigenvalue weighted by Gasteiger charge is -2.21. The molecule has 1 aliphatic heterocycles. The van der Waals surface area contributed by atoms with Crippen molar-refractivity contribution < 1.29 is 4.79 Å². The first kappa shape index (κ1) is 16.1. The summed E-state index contributed by atoms with van der Waals surface area (Å²) in [6.45, 7) is 4.20. The Morgan fingerprint density at radius 3 is 2.87 bits per heavy atom. The molecule has 120 valence electrons. The largest absolute Gasteiger partial charge is 0.337 e. The number of hydrogen-bond donors (Lipinski definition) is 0. The van der Waals surface area contributed by atoms with Gasteiger partial charge in [-0.3, -0.25) is 19.7 Å². The van der Waals surface area contributed by atoms with Gasteiger partial charge < -0.3 is 4.90 Å². The second kappa shape index (κ2) is 7.66. The Bertz CT molecular complexity index is 665. The van der Waals surface area contributed by atoms with E-state index in [9.17, 15) is 4.79 Å². The van der Waals surface area contributed by atoms with E-state index in [0.717, 1.165) is 49.3 Å². The molecule has 0 aromatic carbocycles. The number of halogens is 1. The highest BCUT2D eigenvalue weighted by molar-refractivity contribution is 9.10. The normalized spacial score (nSPS) is 16.1. The third kappa shape index (κ3) is 4.36. The maximum absolute atomic E-state index is 12.6. The number of rotatable bonds is 3. The summed E-state index contributed by atoms with van der Waals surface area (Å²) in [5.41, 5.74) is 1.71. The molecule has 6 heteroatoms. The Balaban J connectivity index is 1.61. The van der Waals surface area contributed by atoms with Gasteiger partial charge in [-0.05, 0) is 40.5 Å². The monoisotopic (exact) mass is 374 g/mol. The first-order valence-corrected chi connectivity index (χ1v) is 8.54. The lowest BCUT2D eigenvalue weighted by atomic mass is 10.2. The molecule has 1 fully saturated rings. The minimum atomic E-state index is 0.0542.